The maximum atomic E-state index is 13.7. The molecule has 0 fully saturated rings. The SMILES string of the molecule is C=CCC[C@H]1C(=O)C(C)(C)[C@@H](O)CC(=O)O[C@H](c2ccc3sc(CO)nc3c2)CC=C(C)CCC[C@H](C)[C@@H]1O. The molecular formula is C31H43NO6S. The van der Waals surface area contributed by atoms with Crippen molar-refractivity contribution in [3.8, 4) is 0 Å². The number of esters is 1. The Kier molecular flexibility index (Phi) is 11.0. The van der Waals surface area contributed by atoms with E-state index in [0.29, 0.717) is 24.3 Å². The molecule has 0 radical (unpaired) electrons. The molecule has 0 aliphatic carbocycles. The number of aliphatic hydroxyl groups excluding tert-OH is 3. The van der Waals surface area contributed by atoms with Crippen LogP contribution >= 0.6 is 11.3 Å². The Hall–Kier alpha value is -2.39. The van der Waals surface area contributed by atoms with E-state index < -0.39 is 35.6 Å². The van der Waals surface area contributed by atoms with E-state index in [1.807, 2.05) is 32.0 Å². The molecule has 2 heterocycles. The van der Waals surface area contributed by atoms with Gasteiger partial charge in [0.25, 0.3) is 0 Å². The smallest absolute Gasteiger partial charge is 0.309 e. The molecule has 0 saturated carbocycles. The Bertz CT molecular complexity index is 1180. The fraction of sp³-hybridized carbons (Fsp3) is 0.581. The minimum atomic E-state index is -1.27. The normalized spacial score (nSPS) is 27.7. The lowest BCUT2D eigenvalue weighted by molar-refractivity contribution is -0.156. The van der Waals surface area contributed by atoms with Crippen molar-refractivity contribution in [2.75, 3.05) is 0 Å². The van der Waals surface area contributed by atoms with Gasteiger partial charge in [-0.25, -0.2) is 4.98 Å². The molecule has 0 spiro atoms. The molecule has 0 amide bonds. The lowest BCUT2D eigenvalue weighted by atomic mass is 9.71. The van der Waals surface area contributed by atoms with E-state index in [1.54, 1.807) is 19.9 Å². The van der Waals surface area contributed by atoms with Crippen LogP contribution in [0.1, 0.15) is 89.3 Å². The summed E-state index contributed by atoms with van der Waals surface area (Å²) in [5.41, 5.74) is 1.41. The lowest BCUT2D eigenvalue weighted by Gasteiger charge is -2.36. The van der Waals surface area contributed by atoms with Gasteiger partial charge in [0, 0.05) is 12.3 Å². The van der Waals surface area contributed by atoms with E-state index in [2.05, 4.69) is 17.6 Å². The van der Waals surface area contributed by atoms with Crippen molar-refractivity contribution >= 4 is 33.3 Å². The molecule has 3 rings (SSSR count). The molecule has 1 aliphatic rings. The highest BCUT2D eigenvalue weighted by Gasteiger charge is 2.43. The molecule has 1 aliphatic heterocycles. The van der Waals surface area contributed by atoms with Gasteiger partial charge in [-0.2, -0.15) is 0 Å². The molecule has 7 nitrogen and oxygen atoms in total. The average Bonchev–Trinajstić information content (AvgIpc) is 3.32. The second-order valence-corrected chi connectivity index (χ2v) is 12.5. The van der Waals surface area contributed by atoms with Gasteiger partial charge < -0.3 is 20.1 Å². The number of aliphatic hydroxyl groups is 3. The van der Waals surface area contributed by atoms with E-state index >= 15 is 0 Å². The molecule has 2 aromatic rings. The fourth-order valence-electron chi connectivity index (χ4n) is 5.21. The summed E-state index contributed by atoms with van der Waals surface area (Å²) >= 11 is 1.42. The third-order valence-corrected chi connectivity index (χ3v) is 9.01. The van der Waals surface area contributed by atoms with Crippen LogP contribution in [0.25, 0.3) is 10.2 Å². The molecule has 214 valence electrons. The number of rotatable bonds is 5. The second kappa shape index (κ2) is 13.8. The van der Waals surface area contributed by atoms with Crippen LogP contribution in [-0.2, 0) is 20.9 Å². The second-order valence-electron chi connectivity index (χ2n) is 11.4. The highest BCUT2D eigenvalue weighted by Crippen LogP contribution is 2.35. The molecule has 1 aromatic heterocycles. The fourth-order valence-corrected chi connectivity index (χ4v) is 6.02. The van der Waals surface area contributed by atoms with Crippen molar-refractivity contribution in [3.63, 3.8) is 0 Å². The van der Waals surface area contributed by atoms with Gasteiger partial charge in [0.05, 0.1) is 40.9 Å². The summed E-state index contributed by atoms with van der Waals surface area (Å²) in [6.07, 6.45) is 4.68. The number of thiazole rings is 1. The van der Waals surface area contributed by atoms with Gasteiger partial charge in [0.15, 0.2) is 0 Å². The molecule has 1 aromatic carbocycles. The molecule has 0 unspecified atom stereocenters. The van der Waals surface area contributed by atoms with Crippen molar-refractivity contribution in [2.45, 2.75) is 97.6 Å². The Morgan fingerprint density at radius 2 is 2.00 bits per heavy atom. The van der Waals surface area contributed by atoms with Crippen LogP contribution in [0, 0.1) is 17.3 Å². The third-order valence-electron chi connectivity index (χ3n) is 7.99. The van der Waals surface area contributed by atoms with Crippen molar-refractivity contribution in [1.29, 1.82) is 0 Å². The average molecular weight is 558 g/mol. The number of aromatic nitrogens is 1. The maximum Gasteiger partial charge on any atom is 0.309 e. The zero-order valence-electron chi connectivity index (χ0n) is 23.6. The van der Waals surface area contributed by atoms with Crippen LogP contribution < -0.4 is 0 Å². The number of hydrogen-bond acceptors (Lipinski definition) is 8. The number of ketones is 1. The number of benzene rings is 1. The summed E-state index contributed by atoms with van der Waals surface area (Å²) in [6.45, 7) is 10.9. The lowest BCUT2D eigenvalue weighted by Crippen LogP contribution is -2.46. The number of nitrogens with zero attached hydrogens (tertiary/aromatic N) is 1. The standard InChI is InChI=1S/C31H43NO6S/c1-6-7-11-22-29(36)20(3)10-8-9-19(2)12-14-24(38-28(35)17-26(34)31(4,5)30(22)37)21-13-15-25-23(16-21)32-27(18-33)39-25/h6,12-13,15-16,20,22,24,26,29,33-34,36H,1,7-11,14,17-18H2,2-5H3/t20-,22+,24-,26-,29-/m0/s1. The van der Waals surface area contributed by atoms with E-state index in [0.717, 1.165) is 40.6 Å². The Balaban J connectivity index is 1.93. The number of ether oxygens (including phenoxy) is 1. The summed E-state index contributed by atoms with van der Waals surface area (Å²) in [5, 5.41) is 32.3. The van der Waals surface area contributed by atoms with Gasteiger partial charge in [-0.1, -0.05) is 44.6 Å². The van der Waals surface area contributed by atoms with Crippen LogP contribution in [0.3, 0.4) is 0 Å². The van der Waals surface area contributed by atoms with Crippen LogP contribution in [0.2, 0.25) is 0 Å². The summed E-state index contributed by atoms with van der Waals surface area (Å²) in [7, 11) is 0. The van der Waals surface area contributed by atoms with Crippen LogP contribution in [0.15, 0.2) is 42.5 Å². The van der Waals surface area contributed by atoms with E-state index in [1.165, 1.54) is 11.3 Å². The van der Waals surface area contributed by atoms with Crippen LogP contribution in [0.5, 0.6) is 0 Å². The number of fused-ring (bicyclic) bond motifs is 1. The summed E-state index contributed by atoms with van der Waals surface area (Å²) in [6, 6.07) is 5.69. The van der Waals surface area contributed by atoms with E-state index in [9.17, 15) is 24.9 Å². The molecule has 0 bridgehead atoms. The molecule has 5 atom stereocenters. The Morgan fingerprint density at radius 1 is 1.26 bits per heavy atom. The molecule has 8 heteroatoms. The highest BCUT2D eigenvalue weighted by atomic mass is 32.1. The Labute approximate surface area is 235 Å². The van der Waals surface area contributed by atoms with Gasteiger partial charge >= 0.3 is 5.97 Å². The summed E-state index contributed by atoms with van der Waals surface area (Å²) < 4.78 is 6.84. The molecular weight excluding hydrogens is 514 g/mol. The van der Waals surface area contributed by atoms with E-state index in [4.69, 9.17) is 4.74 Å². The number of cyclic esters (lactones) is 1. The van der Waals surface area contributed by atoms with Crippen molar-refractivity contribution in [1.82, 2.24) is 4.98 Å². The van der Waals surface area contributed by atoms with Gasteiger partial charge in [-0.3, -0.25) is 9.59 Å². The molecule has 0 saturated heterocycles. The van der Waals surface area contributed by atoms with Gasteiger partial charge in [-0.05, 0) is 62.6 Å². The zero-order chi connectivity index (χ0) is 28.7. The van der Waals surface area contributed by atoms with Gasteiger partial charge in [-0.15, -0.1) is 17.9 Å². The van der Waals surface area contributed by atoms with Crippen molar-refractivity contribution < 1.29 is 29.6 Å². The number of allylic oxidation sites excluding steroid dienone is 2. The predicted octanol–water partition coefficient (Wildman–Crippen LogP) is 5.82. The van der Waals surface area contributed by atoms with Crippen molar-refractivity contribution in [2.24, 2.45) is 17.3 Å². The summed E-state index contributed by atoms with van der Waals surface area (Å²) in [4.78, 5) is 31.3. The first kappa shape index (κ1) is 31.1. The Morgan fingerprint density at radius 3 is 2.69 bits per heavy atom. The number of carbonyl (C=O) groups is 2. The minimum absolute atomic E-state index is 0.0937. The van der Waals surface area contributed by atoms with Gasteiger partial charge in [0.1, 0.15) is 16.9 Å². The third kappa shape index (κ3) is 7.84. The van der Waals surface area contributed by atoms with E-state index in [-0.39, 0.29) is 24.7 Å². The molecule has 3 N–H and O–H groups in total. The first-order valence-electron chi connectivity index (χ1n) is 13.8. The quantitative estimate of drug-likeness (QED) is 0.313. The van der Waals surface area contributed by atoms with Crippen LogP contribution in [-0.4, -0.2) is 44.3 Å². The first-order chi connectivity index (χ1) is 18.5. The highest BCUT2D eigenvalue weighted by molar-refractivity contribution is 7.18. The monoisotopic (exact) mass is 557 g/mol. The van der Waals surface area contributed by atoms with Gasteiger partial charge in [0.2, 0.25) is 0 Å². The number of carbonyl (C=O) groups excluding carboxylic acids is 2. The topological polar surface area (TPSA) is 117 Å². The number of hydrogen-bond donors (Lipinski definition) is 3. The zero-order valence-corrected chi connectivity index (χ0v) is 24.4. The summed E-state index contributed by atoms with van der Waals surface area (Å²) in [5.74, 6) is -1.61. The largest absolute Gasteiger partial charge is 0.457 e. The number of Topliss-reactive ketones (excluding diaryl/α,β-unsaturated/α-hetero) is 1. The first-order valence-corrected chi connectivity index (χ1v) is 14.7. The molecule has 39 heavy (non-hydrogen) atoms. The predicted molar refractivity (Wildman–Crippen MR) is 154 cm³/mol. The van der Waals surface area contributed by atoms with Crippen LogP contribution in [0.4, 0.5) is 0 Å². The maximum absolute atomic E-state index is 13.7. The minimum Gasteiger partial charge on any atom is -0.457 e. The van der Waals surface area contributed by atoms with Crippen molar-refractivity contribution in [3.05, 3.63) is 53.1 Å².